The Bertz CT molecular complexity index is 1310. The molecule has 0 heterocycles. The van der Waals surface area contributed by atoms with E-state index in [2.05, 4.69) is 5.32 Å². The number of para-hydroxylation sites is 2. The number of hydrogen-bond donors (Lipinski definition) is 1. The zero-order valence-corrected chi connectivity index (χ0v) is 19.1. The molecule has 0 saturated carbocycles. The number of sulfonamides is 1. The van der Waals surface area contributed by atoms with Crippen molar-refractivity contribution in [1.82, 2.24) is 0 Å². The van der Waals surface area contributed by atoms with Crippen molar-refractivity contribution in [3.63, 3.8) is 0 Å². The fourth-order valence-electron chi connectivity index (χ4n) is 2.93. The number of nitrogens with one attached hydrogen (secondary N) is 1. The minimum absolute atomic E-state index is 0.0450. The van der Waals surface area contributed by atoms with Crippen molar-refractivity contribution in [2.24, 2.45) is 0 Å². The molecule has 0 bridgehead atoms. The third-order valence-corrected chi connectivity index (χ3v) is 6.85. The molecular formula is C22H17Cl2N3O4S. The van der Waals surface area contributed by atoms with Gasteiger partial charge >= 0.3 is 0 Å². The number of nitrogens with zero attached hydrogens (tertiary/aromatic N) is 2. The summed E-state index contributed by atoms with van der Waals surface area (Å²) >= 11 is 12.2. The molecule has 1 N–H and O–H groups in total. The molecule has 164 valence electrons. The van der Waals surface area contributed by atoms with E-state index in [1.165, 1.54) is 37.4 Å². The fourth-order valence-corrected chi connectivity index (χ4v) is 5.10. The van der Waals surface area contributed by atoms with Crippen LogP contribution in [0.3, 0.4) is 0 Å². The Morgan fingerprint density at radius 1 is 1.09 bits per heavy atom. The zero-order valence-electron chi connectivity index (χ0n) is 16.7. The number of carbonyl (C=O) groups excluding carboxylic acids is 1. The molecule has 3 aromatic rings. The molecule has 0 fully saturated rings. The molecule has 3 rings (SSSR count). The third kappa shape index (κ3) is 5.14. The summed E-state index contributed by atoms with van der Waals surface area (Å²) in [5, 5.41) is 11.8. The van der Waals surface area contributed by atoms with E-state index in [0.29, 0.717) is 11.3 Å². The van der Waals surface area contributed by atoms with Gasteiger partial charge in [-0.1, -0.05) is 41.4 Å². The number of hydrogen-bond acceptors (Lipinski definition) is 5. The molecule has 0 spiro atoms. The highest BCUT2D eigenvalue weighted by Gasteiger charge is 2.31. The minimum atomic E-state index is -4.32. The summed E-state index contributed by atoms with van der Waals surface area (Å²) in [6.07, 6.45) is 0. The number of anilines is 2. The molecule has 0 atom stereocenters. The summed E-state index contributed by atoms with van der Waals surface area (Å²) in [5.41, 5.74) is 0.849. The van der Waals surface area contributed by atoms with Gasteiger partial charge in [0.15, 0.2) is 0 Å². The van der Waals surface area contributed by atoms with Crippen molar-refractivity contribution in [3.05, 3.63) is 82.3 Å². The van der Waals surface area contributed by atoms with Crippen LogP contribution >= 0.6 is 23.2 Å². The maximum atomic E-state index is 13.6. The molecule has 10 heteroatoms. The Morgan fingerprint density at radius 2 is 1.84 bits per heavy atom. The van der Waals surface area contributed by atoms with Crippen LogP contribution in [0.5, 0.6) is 5.75 Å². The maximum Gasteiger partial charge on any atom is 0.266 e. The second kappa shape index (κ2) is 9.92. The van der Waals surface area contributed by atoms with E-state index in [1.807, 2.05) is 6.07 Å². The number of amides is 1. The zero-order chi connectivity index (χ0) is 23.3. The van der Waals surface area contributed by atoms with Crippen molar-refractivity contribution < 1.29 is 17.9 Å². The smallest absolute Gasteiger partial charge is 0.266 e. The van der Waals surface area contributed by atoms with Crippen LogP contribution in [0, 0.1) is 11.3 Å². The number of nitriles is 1. The molecule has 0 aromatic heterocycles. The van der Waals surface area contributed by atoms with Gasteiger partial charge in [0.2, 0.25) is 5.91 Å². The van der Waals surface area contributed by atoms with Crippen LogP contribution in [0.25, 0.3) is 0 Å². The van der Waals surface area contributed by atoms with Crippen LogP contribution in [0.2, 0.25) is 10.0 Å². The molecule has 3 aromatic carbocycles. The van der Waals surface area contributed by atoms with Crippen LogP contribution < -0.4 is 14.4 Å². The largest absolute Gasteiger partial charge is 0.495 e. The van der Waals surface area contributed by atoms with Crippen molar-refractivity contribution in [1.29, 1.82) is 5.26 Å². The van der Waals surface area contributed by atoms with E-state index in [0.717, 1.165) is 4.31 Å². The SMILES string of the molecule is COc1ccccc1N(CC(=O)Nc1cccc(C#N)c1)S(=O)(=O)c1cc(Cl)ccc1Cl. The Labute approximate surface area is 195 Å². The molecule has 1 amide bonds. The highest BCUT2D eigenvalue weighted by atomic mass is 35.5. The highest BCUT2D eigenvalue weighted by molar-refractivity contribution is 7.93. The first-order valence-corrected chi connectivity index (χ1v) is 11.4. The summed E-state index contributed by atoms with van der Waals surface area (Å²) in [4.78, 5) is 12.6. The third-order valence-electron chi connectivity index (χ3n) is 4.38. The minimum Gasteiger partial charge on any atom is -0.495 e. The van der Waals surface area contributed by atoms with E-state index >= 15 is 0 Å². The molecule has 0 unspecified atom stereocenters. The lowest BCUT2D eigenvalue weighted by Gasteiger charge is -2.26. The van der Waals surface area contributed by atoms with E-state index in [9.17, 15) is 13.2 Å². The summed E-state index contributed by atoms with van der Waals surface area (Å²) in [5.74, 6) is -0.388. The lowest BCUT2D eigenvalue weighted by molar-refractivity contribution is -0.114. The normalized spacial score (nSPS) is 10.8. The lowest BCUT2D eigenvalue weighted by atomic mass is 10.2. The van der Waals surface area contributed by atoms with E-state index in [-0.39, 0.29) is 26.4 Å². The number of halogens is 2. The van der Waals surface area contributed by atoms with Gasteiger partial charge in [0.05, 0.1) is 29.5 Å². The molecule has 0 aliphatic carbocycles. The summed E-state index contributed by atoms with van der Waals surface area (Å²) in [6, 6.07) is 18.7. The van der Waals surface area contributed by atoms with E-state index in [1.54, 1.807) is 36.4 Å². The van der Waals surface area contributed by atoms with Gasteiger partial charge in [0.1, 0.15) is 17.2 Å². The number of rotatable bonds is 7. The second-order valence-corrected chi connectivity index (χ2v) is 9.17. The first kappa shape index (κ1) is 23.4. The van der Waals surface area contributed by atoms with Crippen LogP contribution in [0.4, 0.5) is 11.4 Å². The van der Waals surface area contributed by atoms with Gasteiger partial charge in [-0.15, -0.1) is 0 Å². The number of ether oxygens (including phenoxy) is 1. The average Bonchev–Trinajstić information content (AvgIpc) is 2.79. The summed E-state index contributed by atoms with van der Waals surface area (Å²) < 4.78 is 33.3. The van der Waals surface area contributed by atoms with Crippen molar-refractivity contribution in [2.75, 3.05) is 23.3 Å². The van der Waals surface area contributed by atoms with Gasteiger partial charge in [0, 0.05) is 10.7 Å². The van der Waals surface area contributed by atoms with E-state index in [4.69, 9.17) is 33.2 Å². The van der Waals surface area contributed by atoms with Gasteiger partial charge in [-0.25, -0.2) is 8.42 Å². The monoisotopic (exact) mass is 489 g/mol. The van der Waals surface area contributed by atoms with E-state index < -0.39 is 22.5 Å². The molecule has 32 heavy (non-hydrogen) atoms. The predicted molar refractivity (Wildman–Crippen MR) is 124 cm³/mol. The van der Waals surface area contributed by atoms with Crippen LogP contribution in [-0.2, 0) is 14.8 Å². The number of benzene rings is 3. The van der Waals surface area contributed by atoms with Gasteiger partial charge < -0.3 is 10.1 Å². The molecule has 0 saturated heterocycles. The first-order valence-electron chi connectivity index (χ1n) is 9.17. The molecule has 0 aliphatic rings. The summed E-state index contributed by atoms with van der Waals surface area (Å²) in [7, 11) is -2.92. The molecule has 7 nitrogen and oxygen atoms in total. The van der Waals surface area contributed by atoms with Crippen LogP contribution in [-0.4, -0.2) is 28.0 Å². The molecule has 0 radical (unpaired) electrons. The van der Waals surface area contributed by atoms with Crippen LogP contribution in [0.15, 0.2) is 71.6 Å². The Kier molecular flexibility index (Phi) is 7.26. The topological polar surface area (TPSA) is 99.5 Å². The Balaban J connectivity index is 2.04. The number of methoxy groups -OCH3 is 1. The Hall–Kier alpha value is -3.25. The average molecular weight is 490 g/mol. The Morgan fingerprint density at radius 3 is 2.56 bits per heavy atom. The predicted octanol–water partition coefficient (Wildman–Crippen LogP) is 4.71. The molecular weight excluding hydrogens is 473 g/mol. The van der Waals surface area contributed by atoms with Crippen molar-refractivity contribution in [3.8, 4) is 11.8 Å². The van der Waals surface area contributed by atoms with Crippen molar-refractivity contribution in [2.45, 2.75) is 4.90 Å². The maximum absolute atomic E-state index is 13.6. The molecule has 0 aliphatic heterocycles. The standard InChI is InChI=1S/C22H17Cl2N3O4S/c1-31-20-8-3-2-7-19(20)27(32(29,30)21-12-16(23)9-10-18(21)24)14-22(28)26-17-6-4-5-15(11-17)13-25/h2-12H,14H2,1H3,(H,26,28). The lowest BCUT2D eigenvalue weighted by Crippen LogP contribution is -2.38. The van der Waals surface area contributed by atoms with Crippen LogP contribution in [0.1, 0.15) is 5.56 Å². The summed E-state index contributed by atoms with van der Waals surface area (Å²) in [6.45, 7) is -0.581. The second-order valence-electron chi connectivity index (χ2n) is 6.50. The fraction of sp³-hybridized carbons (Fsp3) is 0.0909. The van der Waals surface area contributed by atoms with Gasteiger partial charge in [-0.05, 0) is 48.5 Å². The quantitative estimate of drug-likeness (QED) is 0.517. The van der Waals surface area contributed by atoms with Gasteiger partial charge in [-0.2, -0.15) is 5.26 Å². The van der Waals surface area contributed by atoms with Gasteiger partial charge in [-0.3, -0.25) is 9.10 Å². The number of carbonyl (C=O) groups is 1. The van der Waals surface area contributed by atoms with Crippen molar-refractivity contribution >= 4 is 50.5 Å². The van der Waals surface area contributed by atoms with Gasteiger partial charge in [0.25, 0.3) is 10.0 Å². The highest BCUT2D eigenvalue weighted by Crippen LogP contribution is 2.35. The first-order chi connectivity index (χ1) is 15.3.